The molecule has 1 aromatic carbocycles. The van der Waals surface area contributed by atoms with Crippen molar-refractivity contribution in [3.8, 4) is 0 Å². The first-order chi connectivity index (χ1) is 13.1. The van der Waals surface area contributed by atoms with E-state index in [4.69, 9.17) is 4.74 Å². The first-order valence-corrected chi connectivity index (χ1v) is 10.8. The van der Waals surface area contributed by atoms with E-state index in [1.165, 1.54) is 6.92 Å². The van der Waals surface area contributed by atoms with Crippen LogP contribution in [-0.2, 0) is 24.3 Å². The van der Waals surface area contributed by atoms with E-state index in [2.05, 4.69) is 23.9 Å². The summed E-state index contributed by atoms with van der Waals surface area (Å²) in [5.41, 5.74) is 0. The maximum absolute atomic E-state index is 12.9. The van der Waals surface area contributed by atoms with Gasteiger partial charge in [0.2, 0.25) is 10.0 Å². The van der Waals surface area contributed by atoms with Crippen molar-refractivity contribution in [3.05, 3.63) is 30.1 Å². The Kier molecular flexibility index (Phi) is 7.54. The fourth-order valence-electron chi connectivity index (χ4n) is 3.23. The first kappa shape index (κ1) is 22.3. The molecule has 28 heavy (non-hydrogen) atoms. The summed E-state index contributed by atoms with van der Waals surface area (Å²) < 4.78 is 44.2. The molecular weight excluding hydrogens is 387 g/mol. The number of nitrogens with one attached hydrogen (secondary N) is 2. The summed E-state index contributed by atoms with van der Waals surface area (Å²) in [4.78, 5) is 24.0. The fourth-order valence-corrected chi connectivity index (χ4v) is 4.20. The molecule has 9 heteroatoms. The standard InChI is InChI=1S/C19H27FN2O5S/c1-12-5-4-6-17(13(12)2)22-19(24)14(3)27-18(23)11-21-28(25,26)16-9-7-15(20)8-10-16/h7-10,12-14,17,21H,4-6,11H2,1-3H3,(H,22,24)/t12-,13-,14-,17-/m1/s1. The van der Waals surface area contributed by atoms with Gasteiger partial charge in [-0.2, -0.15) is 4.72 Å². The zero-order chi connectivity index (χ0) is 20.9. The average Bonchev–Trinajstić information content (AvgIpc) is 2.64. The highest BCUT2D eigenvalue weighted by molar-refractivity contribution is 7.89. The van der Waals surface area contributed by atoms with Crippen LogP contribution in [0.15, 0.2) is 29.2 Å². The number of carbonyl (C=O) groups excluding carboxylic acids is 2. The molecule has 0 aliphatic heterocycles. The molecule has 4 atom stereocenters. The van der Waals surface area contributed by atoms with Gasteiger partial charge >= 0.3 is 5.97 Å². The second kappa shape index (κ2) is 9.47. The van der Waals surface area contributed by atoms with Crippen molar-refractivity contribution in [1.29, 1.82) is 0 Å². The van der Waals surface area contributed by atoms with Crippen LogP contribution in [0.1, 0.15) is 40.0 Å². The monoisotopic (exact) mass is 414 g/mol. The number of benzene rings is 1. The number of halogens is 1. The van der Waals surface area contributed by atoms with Crippen molar-refractivity contribution in [2.24, 2.45) is 11.8 Å². The summed E-state index contributed by atoms with van der Waals surface area (Å²) in [6.45, 7) is 5.06. The third-order valence-electron chi connectivity index (χ3n) is 5.24. The van der Waals surface area contributed by atoms with Gasteiger partial charge in [-0.25, -0.2) is 12.8 Å². The van der Waals surface area contributed by atoms with Crippen molar-refractivity contribution < 1.29 is 27.1 Å². The normalized spacial score (nSPS) is 23.6. The summed E-state index contributed by atoms with van der Waals surface area (Å²) in [6, 6.07) is 4.23. The predicted molar refractivity (Wildman–Crippen MR) is 101 cm³/mol. The van der Waals surface area contributed by atoms with Crippen LogP contribution in [-0.4, -0.2) is 39.0 Å². The largest absolute Gasteiger partial charge is 0.452 e. The van der Waals surface area contributed by atoms with E-state index in [1.54, 1.807) is 0 Å². The zero-order valence-corrected chi connectivity index (χ0v) is 17.1. The second-order valence-electron chi connectivity index (χ2n) is 7.29. The average molecular weight is 414 g/mol. The summed E-state index contributed by atoms with van der Waals surface area (Å²) >= 11 is 0. The van der Waals surface area contributed by atoms with E-state index in [0.29, 0.717) is 11.8 Å². The van der Waals surface area contributed by atoms with Crippen LogP contribution in [0.3, 0.4) is 0 Å². The topological polar surface area (TPSA) is 102 Å². The lowest BCUT2D eigenvalue weighted by atomic mass is 9.78. The highest BCUT2D eigenvalue weighted by Crippen LogP contribution is 2.29. The Balaban J connectivity index is 1.83. The van der Waals surface area contributed by atoms with Crippen molar-refractivity contribution in [2.45, 2.75) is 57.1 Å². The Morgan fingerprint density at radius 2 is 1.86 bits per heavy atom. The van der Waals surface area contributed by atoms with Gasteiger partial charge < -0.3 is 10.1 Å². The Hall–Kier alpha value is -2.00. The SMILES string of the molecule is C[C@@H]1[C@H](C)CCC[C@H]1NC(=O)[C@@H](C)OC(=O)CNS(=O)(=O)c1ccc(F)cc1. The highest BCUT2D eigenvalue weighted by Gasteiger charge is 2.30. The molecule has 0 unspecified atom stereocenters. The van der Waals surface area contributed by atoms with E-state index >= 15 is 0 Å². The number of hydrogen-bond donors (Lipinski definition) is 2. The molecule has 7 nitrogen and oxygen atoms in total. The van der Waals surface area contributed by atoms with Gasteiger partial charge in [0.05, 0.1) is 4.90 Å². The van der Waals surface area contributed by atoms with E-state index < -0.39 is 40.4 Å². The quantitative estimate of drug-likeness (QED) is 0.665. The van der Waals surface area contributed by atoms with Crippen LogP contribution < -0.4 is 10.0 Å². The minimum atomic E-state index is -3.98. The minimum absolute atomic E-state index is 0.0365. The van der Waals surface area contributed by atoms with Gasteiger partial charge in [-0.3, -0.25) is 9.59 Å². The van der Waals surface area contributed by atoms with Crippen molar-refractivity contribution in [1.82, 2.24) is 10.0 Å². The van der Waals surface area contributed by atoms with E-state index in [1.807, 2.05) is 0 Å². The Bertz CT molecular complexity index is 797. The van der Waals surface area contributed by atoms with Crippen LogP contribution in [0, 0.1) is 17.7 Å². The molecule has 0 radical (unpaired) electrons. The van der Waals surface area contributed by atoms with Crippen LogP contribution >= 0.6 is 0 Å². The molecule has 2 rings (SSSR count). The molecule has 1 aromatic rings. The maximum Gasteiger partial charge on any atom is 0.321 e. The van der Waals surface area contributed by atoms with Crippen LogP contribution in [0.4, 0.5) is 4.39 Å². The second-order valence-corrected chi connectivity index (χ2v) is 9.06. The Morgan fingerprint density at radius 3 is 2.50 bits per heavy atom. The smallest absolute Gasteiger partial charge is 0.321 e. The molecule has 0 saturated heterocycles. The van der Waals surface area contributed by atoms with Crippen LogP contribution in [0.25, 0.3) is 0 Å². The summed E-state index contributed by atoms with van der Waals surface area (Å²) in [6.07, 6.45) is 2.02. The predicted octanol–water partition coefficient (Wildman–Crippen LogP) is 1.98. The minimum Gasteiger partial charge on any atom is -0.452 e. The Morgan fingerprint density at radius 1 is 1.21 bits per heavy atom. The maximum atomic E-state index is 12.9. The molecule has 0 aromatic heterocycles. The zero-order valence-electron chi connectivity index (χ0n) is 16.3. The van der Waals surface area contributed by atoms with Crippen LogP contribution in [0.5, 0.6) is 0 Å². The molecule has 0 bridgehead atoms. The first-order valence-electron chi connectivity index (χ1n) is 9.35. The van der Waals surface area contributed by atoms with Gasteiger partial charge in [-0.1, -0.05) is 26.7 Å². The Labute approximate surface area is 165 Å². The van der Waals surface area contributed by atoms with Gasteiger partial charge in [-0.05, 0) is 49.4 Å². The number of esters is 1. The highest BCUT2D eigenvalue weighted by atomic mass is 32.2. The van der Waals surface area contributed by atoms with E-state index in [0.717, 1.165) is 43.5 Å². The van der Waals surface area contributed by atoms with Gasteiger partial charge in [0.15, 0.2) is 6.10 Å². The molecule has 1 aliphatic rings. The lowest BCUT2D eigenvalue weighted by Crippen LogP contribution is -2.48. The molecular formula is C19H27FN2O5S. The number of hydrogen-bond acceptors (Lipinski definition) is 5. The summed E-state index contributed by atoms with van der Waals surface area (Å²) in [5, 5.41) is 2.92. The third kappa shape index (κ3) is 6.00. The molecule has 156 valence electrons. The van der Waals surface area contributed by atoms with Gasteiger partial charge in [0, 0.05) is 6.04 Å². The van der Waals surface area contributed by atoms with Crippen molar-refractivity contribution in [3.63, 3.8) is 0 Å². The lowest BCUT2D eigenvalue weighted by Gasteiger charge is -2.35. The summed E-state index contributed by atoms with van der Waals surface area (Å²) in [7, 11) is -3.98. The number of rotatable bonds is 7. The molecule has 0 spiro atoms. The summed E-state index contributed by atoms with van der Waals surface area (Å²) in [5.74, 6) is -1.00. The van der Waals surface area contributed by atoms with Crippen molar-refractivity contribution in [2.75, 3.05) is 6.54 Å². The molecule has 1 saturated carbocycles. The lowest BCUT2D eigenvalue weighted by molar-refractivity contribution is -0.154. The van der Waals surface area contributed by atoms with Gasteiger partial charge in [-0.15, -0.1) is 0 Å². The third-order valence-corrected chi connectivity index (χ3v) is 6.66. The molecule has 1 amide bonds. The number of carbonyl (C=O) groups is 2. The van der Waals surface area contributed by atoms with Crippen molar-refractivity contribution >= 4 is 21.9 Å². The molecule has 1 aliphatic carbocycles. The fraction of sp³-hybridized carbons (Fsp3) is 0.579. The van der Waals surface area contributed by atoms with Gasteiger partial charge in [0.25, 0.3) is 5.91 Å². The molecule has 1 fully saturated rings. The van der Waals surface area contributed by atoms with E-state index in [9.17, 15) is 22.4 Å². The molecule has 2 N–H and O–H groups in total. The number of amides is 1. The van der Waals surface area contributed by atoms with Gasteiger partial charge in [0.1, 0.15) is 12.4 Å². The van der Waals surface area contributed by atoms with E-state index in [-0.39, 0.29) is 10.9 Å². The van der Waals surface area contributed by atoms with Crippen LogP contribution in [0.2, 0.25) is 0 Å². The molecule has 0 heterocycles. The number of sulfonamides is 1. The number of ether oxygens (including phenoxy) is 1.